The first-order valence-electron chi connectivity index (χ1n) is 6.58. The van der Waals surface area contributed by atoms with Crippen LogP contribution in [0.1, 0.15) is 15.9 Å². The van der Waals surface area contributed by atoms with Crippen molar-refractivity contribution in [3.8, 4) is 5.75 Å². The van der Waals surface area contributed by atoms with Crippen LogP contribution >= 0.6 is 0 Å². The van der Waals surface area contributed by atoms with E-state index in [4.69, 9.17) is 0 Å². The summed E-state index contributed by atoms with van der Waals surface area (Å²) >= 11 is 0. The zero-order valence-electron chi connectivity index (χ0n) is 11.3. The monoisotopic (exact) mass is 268 g/mol. The summed E-state index contributed by atoms with van der Waals surface area (Å²) in [5.41, 5.74) is 3.63. The predicted molar refractivity (Wildman–Crippen MR) is 79.5 cm³/mol. The van der Waals surface area contributed by atoms with Gasteiger partial charge in [0, 0.05) is 36.6 Å². The van der Waals surface area contributed by atoms with E-state index in [1.807, 2.05) is 18.2 Å². The number of fused-ring (bicyclic) bond motifs is 1. The molecule has 0 spiro atoms. The van der Waals surface area contributed by atoms with Crippen molar-refractivity contribution >= 4 is 17.3 Å². The van der Waals surface area contributed by atoms with Gasteiger partial charge in [-0.05, 0) is 42.3 Å². The third-order valence-electron chi connectivity index (χ3n) is 3.57. The van der Waals surface area contributed by atoms with Crippen LogP contribution in [-0.4, -0.2) is 24.6 Å². The molecule has 0 aliphatic carbocycles. The third kappa shape index (κ3) is 2.32. The predicted octanol–water partition coefficient (Wildman–Crippen LogP) is 2.64. The number of phenols is 1. The lowest BCUT2D eigenvalue weighted by Crippen LogP contribution is -2.13. The first-order chi connectivity index (χ1) is 9.63. The third-order valence-corrected chi connectivity index (χ3v) is 3.57. The minimum Gasteiger partial charge on any atom is -0.508 e. The molecule has 1 aliphatic heterocycles. The van der Waals surface area contributed by atoms with Gasteiger partial charge in [0.15, 0.2) is 0 Å². The Morgan fingerprint density at radius 2 is 2.10 bits per heavy atom. The van der Waals surface area contributed by atoms with Crippen molar-refractivity contribution in [3.05, 3.63) is 53.6 Å². The minimum absolute atomic E-state index is 0.137. The van der Waals surface area contributed by atoms with Crippen molar-refractivity contribution in [3.63, 3.8) is 0 Å². The number of hydrogen-bond acceptors (Lipinski definition) is 3. The summed E-state index contributed by atoms with van der Waals surface area (Å²) in [5, 5.41) is 12.2. The van der Waals surface area contributed by atoms with E-state index in [1.165, 1.54) is 17.3 Å². The van der Waals surface area contributed by atoms with Gasteiger partial charge in [-0.25, -0.2) is 0 Å². The highest BCUT2D eigenvalue weighted by Crippen LogP contribution is 2.27. The van der Waals surface area contributed by atoms with Gasteiger partial charge in [-0.15, -0.1) is 0 Å². The summed E-state index contributed by atoms with van der Waals surface area (Å²) in [6.07, 6.45) is 0.971. The van der Waals surface area contributed by atoms with Crippen molar-refractivity contribution in [2.24, 2.45) is 0 Å². The number of benzene rings is 2. The van der Waals surface area contributed by atoms with Crippen molar-refractivity contribution in [2.75, 3.05) is 23.8 Å². The Labute approximate surface area is 117 Å². The number of rotatable bonds is 2. The molecule has 1 aliphatic rings. The van der Waals surface area contributed by atoms with Crippen LogP contribution in [0.3, 0.4) is 0 Å². The van der Waals surface area contributed by atoms with Gasteiger partial charge in [-0.2, -0.15) is 0 Å². The highest BCUT2D eigenvalue weighted by atomic mass is 16.3. The van der Waals surface area contributed by atoms with E-state index >= 15 is 0 Å². The zero-order chi connectivity index (χ0) is 14.1. The molecule has 3 rings (SSSR count). The fourth-order valence-electron chi connectivity index (χ4n) is 2.49. The van der Waals surface area contributed by atoms with Crippen LogP contribution in [0.25, 0.3) is 0 Å². The van der Waals surface area contributed by atoms with Crippen molar-refractivity contribution < 1.29 is 9.90 Å². The molecule has 1 heterocycles. The SMILES string of the molecule is CN1CCc2cc(C(=O)Nc3cccc(O)c3)ccc21. The lowest BCUT2D eigenvalue weighted by Gasteiger charge is -2.12. The largest absolute Gasteiger partial charge is 0.508 e. The van der Waals surface area contributed by atoms with Crippen molar-refractivity contribution in [1.82, 2.24) is 0 Å². The average molecular weight is 268 g/mol. The molecule has 0 saturated carbocycles. The average Bonchev–Trinajstić information content (AvgIpc) is 2.80. The molecule has 2 N–H and O–H groups in total. The molecule has 1 amide bonds. The molecule has 0 fully saturated rings. The molecule has 0 atom stereocenters. The summed E-state index contributed by atoms with van der Waals surface area (Å²) in [5.74, 6) is -0.0219. The molecule has 102 valence electrons. The first kappa shape index (κ1) is 12.5. The maximum absolute atomic E-state index is 12.2. The topological polar surface area (TPSA) is 52.6 Å². The van der Waals surface area contributed by atoms with Crippen LogP contribution in [0.5, 0.6) is 5.75 Å². The Morgan fingerprint density at radius 3 is 2.90 bits per heavy atom. The molecular formula is C16H16N2O2. The lowest BCUT2D eigenvalue weighted by molar-refractivity contribution is 0.102. The number of hydrogen-bond donors (Lipinski definition) is 2. The minimum atomic E-state index is -0.159. The summed E-state index contributed by atoms with van der Waals surface area (Å²) in [6.45, 7) is 0.993. The molecule has 0 radical (unpaired) electrons. The zero-order valence-corrected chi connectivity index (χ0v) is 11.3. The van der Waals surface area contributed by atoms with Crippen molar-refractivity contribution in [2.45, 2.75) is 6.42 Å². The smallest absolute Gasteiger partial charge is 0.255 e. The van der Waals surface area contributed by atoms with Gasteiger partial charge >= 0.3 is 0 Å². The number of phenolic OH excluding ortho intramolecular Hbond substituents is 1. The van der Waals surface area contributed by atoms with Gasteiger partial charge in [0.25, 0.3) is 5.91 Å². The number of carbonyl (C=O) groups is 1. The summed E-state index contributed by atoms with van der Waals surface area (Å²) in [6, 6.07) is 12.3. The molecule has 2 aromatic rings. The quantitative estimate of drug-likeness (QED) is 0.880. The van der Waals surface area contributed by atoms with E-state index in [9.17, 15) is 9.90 Å². The molecule has 2 aromatic carbocycles. The van der Waals surface area contributed by atoms with Gasteiger partial charge in [-0.1, -0.05) is 6.07 Å². The normalized spacial score (nSPS) is 13.2. The second-order valence-electron chi connectivity index (χ2n) is 5.02. The molecule has 4 heteroatoms. The van der Waals surface area contributed by atoms with Gasteiger partial charge in [0.1, 0.15) is 5.75 Å². The van der Waals surface area contributed by atoms with E-state index in [2.05, 4.69) is 17.3 Å². The second kappa shape index (κ2) is 4.89. The molecule has 0 saturated heterocycles. The van der Waals surface area contributed by atoms with Gasteiger partial charge in [-0.3, -0.25) is 4.79 Å². The number of amides is 1. The maximum atomic E-state index is 12.2. The molecule has 0 bridgehead atoms. The number of likely N-dealkylation sites (N-methyl/N-ethyl adjacent to an activating group) is 1. The molecular weight excluding hydrogens is 252 g/mol. The number of aromatic hydroxyl groups is 1. The second-order valence-corrected chi connectivity index (χ2v) is 5.02. The Hall–Kier alpha value is -2.49. The highest BCUT2D eigenvalue weighted by molar-refractivity contribution is 6.04. The molecule has 20 heavy (non-hydrogen) atoms. The van der Waals surface area contributed by atoms with Crippen LogP contribution in [0.2, 0.25) is 0 Å². The van der Waals surface area contributed by atoms with Gasteiger partial charge < -0.3 is 15.3 Å². The molecule has 0 aromatic heterocycles. The molecule has 4 nitrogen and oxygen atoms in total. The fourth-order valence-corrected chi connectivity index (χ4v) is 2.49. The Kier molecular flexibility index (Phi) is 3.06. The van der Waals surface area contributed by atoms with Crippen LogP contribution < -0.4 is 10.2 Å². The Balaban J connectivity index is 1.81. The summed E-state index contributed by atoms with van der Waals surface area (Å²) < 4.78 is 0. The Bertz CT molecular complexity index is 667. The standard InChI is InChI=1S/C16H16N2O2/c1-18-8-7-11-9-12(5-6-15(11)18)16(20)17-13-3-2-4-14(19)10-13/h2-6,9-10,19H,7-8H2,1H3,(H,17,20). The summed E-state index contributed by atoms with van der Waals surface area (Å²) in [4.78, 5) is 14.4. The van der Waals surface area contributed by atoms with E-state index in [1.54, 1.807) is 18.2 Å². The Morgan fingerprint density at radius 1 is 1.25 bits per heavy atom. The van der Waals surface area contributed by atoms with Gasteiger partial charge in [0.2, 0.25) is 0 Å². The van der Waals surface area contributed by atoms with E-state index in [0.717, 1.165) is 13.0 Å². The molecule has 0 unspecified atom stereocenters. The number of anilines is 2. The number of nitrogens with zero attached hydrogens (tertiary/aromatic N) is 1. The van der Waals surface area contributed by atoms with Crippen LogP contribution in [-0.2, 0) is 6.42 Å². The van der Waals surface area contributed by atoms with Gasteiger partial charge in [0.05, 0.1) is 0 Å². The van der Waals surface area contributed by atoms with Crippen molar-refractivity contribution in [1.29, 1.82) is 0 Å². The first-order valence-corrected chi connectivity index (χ1v) is 6.58. The number of carbonyl (C=O) groups excluding carboxylic acids is 1. The maximum Gasteiger partial charge on any atom is 0.255 e. The van der Waals surface area contributed by atoms with Crippen LogP contribution in [0.4, 0.5) is 11.4 Å². The fraction of sp³-hybridized carbons (Fsp3) is 0.188. The van der Waals surface area contributed by atoms with E-state index in [0.29, 0.717) is 11.3 Å². The van der Waals surface area contributed by atoms with E-state index in [-0.39, 0.29) is 11.7 Å². The van der Waals surface area contributed by atoms with E-state index < -0.39 is 0 Å². The summed E-state index contributed by atoms with van der Waals surface area (Å²) in [7, 11) is 2.05. The van der Waals surface area contributed by atoms with Crippen LogP contribution in [0, 0.1) is 0 Å². The van der Waals surface area contributed by atoms with Crippen LogP contribution in [0.15, 0.2) is 42.5 Å². The number of nitrogens with one attached hydrogen (secondary N) is 1. The highest BCUT2D eigenvalue weighted by Gasteiger charge is 2.17. The lowest BCUT2D eigenvalue weighted by atomic mass is 10.1.